The SMILES string of the molecule is C=C1C=C(NC(C)=O)C=C(C)C1=O. The van der Waals surface area contributed by atoms with Gasteiger partial charge in [-0.3, -0.25) is 9.59 Å². The summed E-state index contributed by atoms with van der Waals surface area (Å²) in [6.07, 6.45) is 3.20. The lowest BCUT2D eigenvalue weighted by Gasteiger charge is -2.11. The van der Waals surface area contributed by atoms with Crippen molar-refractivity contribution < 1.29 is 9.59 Å². The molecule has 1 aliphatic rings. The molecule has 3 nitrogen and oxygen atoms in total. The summed E-state index contributed by atoms with van der Waals surface area (Å²) in [6, 6.07) is 0. The van der Waals surface area contributed by atoms with E-state index in [1.165, 1.54) is 6.92 Å². The van der Waals surface area contributed by atoms with E-state index in [0.717, 1.165) is 0 Å². The summed E-state index contributed by atoms with van der Waals surface area (Å²) in [6.45, 7) is 6.70. The van der Waals surface area contributed by atoms with E-state index in [9.17, 15) is 9.59 Å². The van der Waals surface area contributed by atoms with Gasteiger partial charge in [0.15, 0.2) is 5.78 Å². The highest BCUT2D eigenvalue weighted by molar-refractivity contribution is 6.11. The van der Waals surface area contributed by atoms with Crippen LogP contribution >= 0.6 is 0 Å². The Labute approximate surface area is 76.8 Å². The van der Waals surface area contributed by atoms with Crippen molar-refractivity contribution in [2.45, 2.75) is 13.8 Å². The van der Waals surface area contributed by atoms with E-state index in [1.54, 1.807) is 19.1 Å². The largest absolute Gasteiger partial charge is 0.326 e. The maximum Gasteiger partial charge on any atom is 0.221 e. The van der Waals surface area contributed by atoms with Gasteiger partial charge in [0.25, 0.3) is 0 Å². The van der Waals surface area contributed by atoms with Crippen LogP contribution in [0.5, 0.6) is 0 Å². The number of carbonyl (C=O) groups is 2. The Bertz CT molecular complexity index is 348. The summed E-state index contributed by atoms with van der Waals surface area (Å²) in [5.41, 5.74) is 1.62. The molecule has 0 aromatic carbocycles. The first-order chi connectivity index (χ1) is 6.00. The fourth-order valence-electron chi connectivity index (χ4n) is 1.12. The van der Waals surface area contributed by atoms with E-state index in [1.807, 2.05) is 0 Å². The zero-order valence-corrected chi connectivity index (χ0v) is 7.68. The first-order valence-electron chi connectivity index (χ1n) is 3.92. The van der Waals surface area contributed by atoms with E-state index in [4.69, 9.17) is 0 Å². The third-order valence-electron chi connectivity index (χ3n) is 1.67. The summed E-state index contributed by atoms with van der Waals surface area (Å²) in [7, 11) is 0. The molecule has 0 atom stereocenters. The predicted molar refractivity (Wildman–Crippen MR) is 49.8 cm³/mol. The van der Waals surface area contributed by atoms with Gasteiger partial charge < -0.3 is 5.32 Å². The fourth-order valence-corrected chi connectivity index (χ4v) is 1.12. The molecule has 68 valence electrons. The highest BCUT2D eigenvalue weighted by atomic mass is 16.1. The lowest BCUT2D eigenvalue weighted by atomic mass is 9.99. The standard InChI is InChI=1S/C10H11NO2/c1-6-4-9(11-8(3)12)5-7(2)10(6)13/h4-5H,1H2,2-3H3,(H,11,12). The van der Waals surface area contributed by atoms with Gasteiger partial charge in [0.05, 0.1) is 0 Å². The lowest BCUT2D eigenvalue weighted by molar-refractivity contribution is -0.118. The third-order valence-corrected chi connectivity index (χ3v) is 1.67. The number of hydrogen-bond acceptors (Lipinski definition) is 2. The zero-order chi connectivity index (χ0) is 10.0. The molecule has 1 amide bonds. The van der Waals surface area contributed by atoms with E-state index >= 15 is 0 Å². The Morgan fingerprint density at radius 3 is 2.54 bits per heavy atom. The van der Waals surface area contributed by atoms with Crippen LogP contribution in [0.4, 0.5) is 0 Å². The Balaban J connectivity index is 2.91. The maximum absolute atomic E-state index is 11.2. The molecule has 0 heterocycles. The number of Topliss-reactive ketones (excluding diaryl/α,β-unsaturated/α-hetero) is 1. The molecule has 1 rings (SSSR count). The number of carbonyl (C=O) groups excluding carboxylic acids is 2. The van der Waals surface area contributed by atoms with Crippen molar-refractivity contribution in [3.8, 4) is 0 Å². The molecule has 0 fully saturated rings. The smallest absolute Gasteiger partial charge is 0.221 e. The van der Waals surface area contributed by atoms with Gasteiger partial charge in [-0.25, -0.2) is 0 Å². The topological polar surface area (TPSA) is 46.2 Å². The normalized spacial score (nSPS) is 16.5. The minimum atomic E-state index is -0.155. The van der Waals surface area contributed by atoms with Crippen LogP contribution in [0, 0.1) is 0 Å². The molecule has 0 saturated carbocycles. The summed E-state index contributed by atoms with van der Waals surface area (Å²) in [5, 5.41) is 2.60. The summed E-state index contributed by atoms with van der Waals surface area (Å²) < 4.78 is 0. The number of nitrogens with one attached hydrogen (secondary N) is 1. The third kappa shape index (κ3) is 2.15. The van der Waals surface area contributed by atoms with Crippen LogP contribution in [-0.4, -0.2) is 11.7 Å². The maximum atomic E-state index is 11.2. The molecular weight excluding hydrogens is 166 g/mol. The average Bonchev–Trinajstić information content (AvgIpc) is 1.98. The molecule has 1 N–H and O–H groups in total. The molecule has 3 heteroatoms. The second kappa shape index (κ2) is 3.39. The Kier molecular flexibility index (Phi) is 2.46. The van der Waals surface area contributed by atoms with Crippen molar-refractivity contribution in [3.63, 3.8) is 0 Å². The Hall–Kier alpha value is -1.64. The first kappa shape index (κ1) is 9.45. The fraction of sp³-hybridized carbons (Fsp3) is 0.200. The first-order valence-corrected chi connectivity index (χ1v) is 3.92. The summed E-state index contributed by atoms with van der Waals surface area (Å²) in [4.78, 5) is 21.9. The van der Waals surface area contributed by atoms with Crippen molar-refractivity contribution in [1.29, 1.82) is 0 Å². The van der Waals surface area contributed by atoms with Crippen molar-refractivity contribution in [2.24, 2.45) is 0 Å². The molecule has 0 aliphatic heterocycles. The van der Waals surface area contributed by atoms with Crippen molar-refractivity contribution in [3.05, 3.63) is 35.6 Å². The molecule has 1 aliphatic carbocycles. The monoisotopic (exact) mass is 177 g/mol. The molecule has 0 radical (unpaired) electrons. The van der Waals surface area contributed by atoms with Crippen LogP contribution < -0.4 is 5.32 Å². The highest BCUT2D eigenvalue weighted by Crippen LogP contribution is 2.15. The zero-order valence-electron chi connectivity index (χ0n) is 7.68. The highest BCUT2D eigenvalue weighted by Gasteiger charge is 2.14. The molecule has 13 heavy (non-hydrogen) atoms. The molecule has 0 aromatic heterocycles. The minimum absolute atomic E-state index is 0.0749. The lowest BCUT2D eigenvalue weighted by Crippen LogP contribution is -2.21. The van der Waals surface area contributed by atoms with Crippen molar-refractivity contribution in [1.82, 2.24) is 5.32 Å². The van der Waals surface area contributed by atoms with Gasteiger partial charge in [0.1, 0.15) is 0 Å². The quantitative estimate of drug-likeness (QED) is 0.609. The molecule has 0 spiro atoms. The van der Waals surface area contributed by atoms with Gasteiger partial charge in [0, 0.05) is 18.2 Å². The van der Waals surface area contributed by atoms with Crippen LogP contribution in [0.25, 0.3) is 0 Å². The number of rotatable bonds is 1. The van der Waals surface area contributed by atoms with E-state index in [2.05, 4.69) is 11.9 Å². The number of hydrogen-bond donors (Lipinski definition) is 1. The minimum Gasteiger partial charge on any atom is -0.326 e. The van der Waals surface area contributed by atoms with Crippen LogP contribution in [0.15, 0.2) is 35.6 Å². The van der Waals surface area contributed by atoms with Gasteiger partial charge in [-0.05, 0) is 24.6 Å². The van der Waals surface area contributed by atoms with Gasteiger partial charge >= 0.3 is 0 Å². The van der Waals surface area contributed by atoms with Gasteiger partial charge in [-0.2, -0.15) is 0 Å². The Morgan fingerprint density at radius 2 is 2.08 bits per heavy atom. The molecule has 0 unspecified atom stereocenters. The van der Waals surface area contributed by atoms with E-state index in [0.29, 0.717) is 16.8 Å². The molecule has 0 bridgehead atoms. The predicted octanol–water partition coefficient (Wildman–Crippen LogP) is 1.09. The average molecular weight is 177 g/mol. The molecule has 0 saturated heterocycles. The summed E-state index contributed by atoms with van der Waals surface area (Å²) in [5.74, 6) is -0.230. The van der Waals surface area contributed by atoms with Crippen LogP contribution in [0.2, 0.25) is 0 Å². The van der Waals surface area contributed by atoms with Crippen LogP contribution in [0.1, 0.15) is 13.8 Å². The van der Waals surface area contributed by atoms with Crippen molar-refractivity contribution in [2.75, 3.05) is 0 Å². The van der Waals surface area contributed by atoms with Gasteiger partial charge in [-0.1, -0.05) is 6.58 Å². The molecular formula is C10H11NO2. The number of ketones is 1. The van der Waals surface area contributed by atoms with Crippen LogP contribution in [0.3, 0.4) is 0 Å². The van der Waals surface area contributed by atoms with Gasteiger partial charge in [0.2, 0.25) is 5.91 Å². The molecule has 0 aromatic rings. The van der Waals surface area contributed by atoms with Crippen molar-refractivity contribution >= 4 is 11.7 Å². The van der Waals surface area contributed by atoms with Gasteiger partial charge in [-0.15, -0.1) is 0 Å². The summed E-state index contributed by atoms with van der Waals surface area (Å²) >= 11 is 0. The van der Waals surface area contributed by atoms with E-state index < -0.39 is 0 Å². The number of allylic oxidation sites excluding steroid dienone is 4. The van der Waals surface area contributed by atoms with E-state index in [-0.39, 0.29) is 11.7 Å². The second-order valence-corrected chi connectivity index (χ2v) is 2.96. The number of amides is 1. The van der Waals surface area contributed by atoms with Crippen LogP contribution in [-0.2, 0) is 9.59 Å². The second-order valence-electron chi connectivity index (χ2n) is 2.96. The Morgan fingerprint density at radius 1 is 1.46 bits per heavy atom.